The second kappa shape index (κ2) is 6.38. The molecule has 0 saturated carbocycles. The van der Waals surface area contributed by atoms with E-state index < -0.39 is 0 Å². The van der Waals surface area contributed by atoms with Crippen LogP contribution in [0.25, 0.3) is 0 Å². The Bertz CT molecular complexity index is 499. The Morgan fingerprint density at radius 1 is 1.18 bits per heavy atom. The first kappa shape index (κ1) is 13.6. The van der Waals surface area contributed by atoms with Crippen molar-refractivity contribution in [2.45, 2.75) is 10.9 Å². The summed E-state index contributed by atoms with van der Waals surface area (Å²) in [6.45, 7) is 0. The van der Waals surface area contributed by atoms with Gasteiger partial charge in [-0.1, -0.05) is 12.1 Å². The van der Waals surface area contributed by atoms with Crippen molar-refractivity contribution in [3.05, 3.63) is 49.5 Å². The van der Waals surface area contributed by atoms with Gasteiger partial charge in [0, 0.05) is 31.0 Å². The number of hydrogen-bond acceptors (Lipinski definition) is 3. The normalized spacial score (nSPS) is 12.6. The van der Waals surface area contributed by atoms with E-state index in [2.05, 4.69) is 48.7 Å². The molecule has 2 rings (SSSR count). The number of benzene rings is 1. The number of nitrogens with two attached hydrogens (primary N) is 1. The van der Waals surface area contributed by atoms with Gasteiger partial charge in [0.15, 0.2) is 0 Å². The highest BCUT2D eigenvalue weighted by molar-refractivity contribution is 9.10. The molecule has 1 heterocycles. The van der Waals surface area contributed by atoms with E-state index in [4.69, 9.17) is 5.73 Å². The smallest absolute Gasteiger partial charge is 0.0409 e. The predicted molar refractivity (Wildman–Crippen MR) is 83.8 cm³/mol. The van der Waals surface area contributed by atoms with Crippen molar-refractivity contribution in [2.75, 3.05) is 5.75 Å². The molecule has 17 heavy (non-hydrogen) atoms. The van der Waals surface area contributed by atoms with Crippen LogP contribution >= 0.6 is 55.0 Å². The van der Waals surface area contributed by atoms with Gasteiger partial charge in [0.1, 0.15) is 0 Å². The molecule has 90 valence electrons. The zero-order valence-electron chi connectivity index (χ0n) is 8.90. The van der Waals surface area contributed by atoms with Crippen LogP contribution in [-0.2, 0) is 0 Å². The molecule has 0 bridgehead atoms. The van der Waals surface area contributed by atoms with E-state index in [1.807, 2.05) is 18.2 Å². The summed E-state index contributed by atoms with van der Waals surface area (Å²) in [5.41, 5.74) is 7.37. The number of thioether (sulfide) groups is 1. The second-order valence-electron chi connectivity index (χ2n) is 3.52. The number of rotatable bonds is 4. The quantitative estimate of drug-likeness (QED) is 0.735. The maximum atomic E-state index is 6.18. The summed E-state index contributed by atoms with van der Waals surface area (Å²) in [5.74, 6) is 0.873. The summed E-state index contributed by atoms with van der Waals surface area (Å²) in [7, 11) is 0. The van der Waals surface area contributed by atoms with Crippen LogP contribution in [-0.4, -0.2) is 5.75 Å². The van der Waals surface area contributed by atoms with Gasteiger partial charge in [-0.25, -0.2) is 0 Å². The standard InChI is InChI=1S/C12H11Br2NS2/c13-9-3-1-2-4-12(9)17-7-11(15)8-5-16-6-10(8)14/h1-6,11H,7,15H2. The molecule has 1 atom stereocenters. The highest BCUT2D eigenvalue weighted by Crippen LogP contribution is 2.32. The first-order valence-corrected chi connectivity index (χ1v) is 8.54. The second-order valence-corrected chi connectivity index (χ2v) is 7.04. The molecule has 0 radical (unpaired) electrons. The summed E-state index contributed by atoms with van der Waals surface area (Å²) in [6.07, 6.45) is 0. The van der Waals surface area contributed by atoms with Crippen LogP contribution in [0.5, 0.6) is 0 Å². The average Bonchev–Trinajstić information content (AvgIpc) is 2.74. The number of halogens is 2. The first-order valence-electron chi connectivity index (χ1n) is 5.03. The molecular weight excluding hydrogens is 382 g/mol. The lowest BCUT2D eigenvalue weighted by atomic mass is 10.2. The zero-order chi connectivity index (χ0) is 12.3. The largest absolute Gasteiger partial charge is 0.323 e. The van der Waals surface area contributed by atoms with Crippen LogP contribution in [0.1, 0.15) is 11.6 Å². The fourth-order valence-electron chi connectivity index (χ4n) is 1.39. The van der Waals surface area contributed by atoms with E-state index in [1.54, 1.807) is 23.1 Å². The molecule has 0 aliphatic carbocycles. The summed E-state index contributed by atoms with van der Waals surface area (Å²) in [4.78, 5) is 1.23. The van der Waals surface area contributed by atoms with Crippen LogP contribution in [0.3, 0.4) is 0 Å². The molecule has 1 aromatic carbocycles. The minimum absolute atomic E-state index is 0.0627. The summed E-state index contributed by atoms with van der Waals surface area (Å²) >= 11 is 10.5. The van der Waals surface area contributed by atoms with E-state index in [0.717, 1.165) is 14.7 Å². The third-order valence-electron chi connectivity index (χ3n) is 2.30. The Morgan fingerprint density at radius 2 is 1.94 bits per heavy atom. The van der Waals surface area contributed by atoms with Gasteiger partial charge in [0.2, 0.25) is 0 Å². The maximum absolute atomic E-state index is 6.18. The van der Waals surface area contributed by atoms with Gasteiger partial charge >= 0.3 is 0 Å². The molecular formula is C12H11Br2NS2. The highest BCUT2D eigenvalue weighted by atomic mass is 79.9. The first-order chi connectivity index (χ1) is 8.18. The maximum Gasteiger partial charge on any atom is 0.0409 e. The third-order valence-corrected chi connectivity index (χ3v) is 6.20. The van der Waals surface area contributed by atoms with E-state index in [1.165, 1.54) is 10.5 Å². The molecule has 0 spiro atoms. The van der Waals surface area contributed by atoms with Gasteiger partial charge in [-0.3, -0.25) is 0 Å². The molecule has 2 aromatic rings. The van der Waals surface area contributed by atoms with Crippen LogP contribution in [0.15, 0.2) is 48.9 Å². The van der Waals surface area contributed by atoms with E-state index >= 15 is 0 Å². The summed E-state index contributed by atoms with van der Waals surface area (Å²) < 4.78 is 2.24. The van der Waals surface area contributed by atoms with Gasteiger partial charge in [-0.15, -0.1) is 11.8 Å². The van der Waals surface area contributed by atoms with Crippen LogP contribution in [0.4, 0.5) is 0 Å². The molecule has 1 aromatic heterocycles. The molecule has 0 fully saturated rings. The van der Waals surface area contributed by atoms with Crippen molar-refractivity contribution in [3.8, 4) is 0 Å². The van der Waals surface area contributed by atoms with Crippen molar-refractivity contribution in [2.24, 2.45) is 5.73 Å². The Labute approximate surface area is 126 Å². The predicted octanol–water partition coefficient (Wildman–Crippen LogP) is 5.07. The van der Waals surface area contributed by atoms with Crippen molar-refractivity contribution in [3.63, 3.8) is 0 Å². The molecule has 0 aliphatic heterocycles. The SMILES string of the molecule is NC(CSc1ccccc1Br)c1cscc1Br. The number of thiophene rings is 1. The molecule has 5 heteroatoms. The lowest BCUT2D eigenvalue weighted by molar-refractivity contribution is 0.831. The Hall–Kier alpha value is 0.190. The lowest BCUT2D eigenvalue weighted by Gasteiger charge is -2.11. The minimum atomic E-state index is 0.0627. The van der Waals surface area contributed by atoms with Gasteiger partial charge in [0.25, 0.3) is 0 Å². The molecule has 0 aliphatic rings. The van der Waals surface area contributed by atoms with Crippen LogP contribution in [0.2, 0.25) is 0 Å². The fourth-order valence-corrected chi connectivity index (χ4v) is 4.59. The Kier molecular flexibility index (Phi) is 5.11. The van der Waals surface area contributed by atoms with Crippen LogP contribution < -0.4 is 5.73 Å². The average molecular weight is 393 g/mol. The van der Waals surface area contributed by atoms with Crippen LogP contribution in [0, 0.1) is 0 Å². The highest BCUT2D eigenvalue weighted by Gasteiger charge is 2.11. The molecule has 0 saturated heterocycles. The monoisotopic (exact) mass is 391 g/mol. The molecule has 2 N–H and O–H groups in total. The number of hydrogen-bond donors (Lipinski definition) is 1. The Morgan fingerprint density at radius 3 is 2.59 bits per heavy atom. The van der Waals surface area contributed by atoms with Gasteiger partial charge in [0.05, 0.1) is 0 Å². The van der Waals surface area contributed by atoms with Gasteiger partial charge < -0.3 is 5.73 Å². The Balaban J connectivity index is 2.00. The lowest BCUT2D eigenvalue weighted by Crippen LogP contribution is -2.12. The third kappa shape index (κ3) is 3.58. The zero-order valence-corrected chi connectivity index (χ0v) is 13.7. The molecule has 0 amide bonds. The van der Waals surface area contributed by atoms with E-state index in [-0.39, 0.29) is 6.04 Å². The fraction of sp³-hybridized carbons (Fsp3) is 0.167. The summed E-state index contributed by atoms with van der Waals surface area (Å²) in [5, 5.41) is 4.17. The van der Waals surface area contributed by atoms with Crippen molar-refractivity contribution in [1.29, 1.82) is 0 Å². The van der Waals surface area contributed by atoms with E-state index in [9.17, 15) is 0 Å². The topological polar surface area (TPSA) is 26.0 Å². The van der Waals surface area contributed by atoms with Crippen molar-refractivity contribution < 1.29 is 0 Å². The molecule has 1 unspecified atom stereocenters. The minimum Gasteiger partial charge on any atom is -0.323 e. The van der Waals surface area contributed by atoms with Crippen molar-refractivity contribution >= 4 is 55.0 Å². The molecule has 1 nitrogen and oxygen atoms in total. The van der Waals surface area contributed by atoms with Gasteiger partial charge in [-0.2, -0.15) is 11.3 Å². The van der Waals surface area contributed by atoms with Gasteiger partial charge in [-0.05, 0) is 54.9 Å². The van der Waals surface area contributed by atoms with Crippen molar-refractivity contribution in [1.82, 2.24) is 0 Å². The van der Waals surface area contributed by atoms with E-state index in [0.29, 0.717) is 0 Å². The summed E-state index contributed by atoms with van der Waals surface area (Å²) in [6, 6.07) is 8.27.